The van der Waals surface area contributed by atoms with Crippen LogP contribution in [0.1, 0.15) is 12.8 Å². The van der Waals surface area contributed by atoms with Crippen molar-refractivity contribution in [2.45, 2.75) is 25.0 Å². The van der Waals surface area contributed by atoms with Crippen molar-refractivity contribution in [3.63, 3.8) is 0 Å². The van der Waals surface area contributed by atoms with Gasteiger partial charge in [0.05, 0.1) is 6.10 Å². The zero-order valence-corrected chi connectivity index (χ0v) is 6.79. The molecule has 0 aromatic rings. The Morgan fingerprint density at radius 3 is 2.45 bits per heavy atom. The predicted molar refractivity (Wildman–Crippen MR) is 43.5 cm³/mol. The largest absolute Gasteiger partial charge is 0.390 e. The van der Waals surface area contributed by atoms with E-state index in [-0.39, 0.29) is 6.10 Å². The predicted octanol–water partition coefficient (Wildman–Crippen LogP) is -0.585. The topological polar surface area (TPSA) is 35.5 Å². The normalized spacial score (nSPS) is 40.1. The summed E-state index contributed by atoms with van der Waals surface area (Å²) in [5, 5.41) is 12.8. The molecule has 11 heavy (non-hydrogen) atoms. The molecule has 2 aliphatic heterocycles. The van der Waals surface area contributed by atoms with E-state index >= 15 is 0 Å². The summed E-state index contributed by atoms with van der Waals surface area (Å²) in [6.45, 7) is 4.12. The van der Waals surface area contributed by atoms with Crippen LogP contribution in [0.5, 0.6) is 0 Å². The molecule has 64 valence electrons. The van der Waals surface area contributed by atoms with E-state index in [2.05, 4.69) is 10.2 Å². The Morgan fingerprint density at radius 1 is 1.18 bits per heavy atom. The number of likely N-dealkylation sites (tertiary alicyclic amines) is 1. The van der Waals surface area contributed by atoms with Crippen molar-refractivity contribution in [1.29, 1.82) is 0 Å². The van der Waals surface area contributed by atoms with Crippen molar-refractivity contribution in [2.24, 2.45) is 0 Å². The summed E-state index contributed by atoms with van der Waals surface area (Å²) < 4.78 is 0. The fourth-order valence-electron chi connectivity index (χ4n) is 2.10. The minimum atomic E-state index is -0.131. The Labute approximate surface area is 67.4 Å². The van der Waals surface area contributed by atoms with E-state index in [1.807, 2.05) is 0 Å². The molecule has 0 bridgehead atoms. The number of rotatable bonds is 1. The van der Waals surface area contributed by atoms with E-state index in [9.17, 15) is 5.11 Å². The maximum absolute atomic E-state index is 9.55. The molecular formula is C8H16N2O. The smallest absolute Gasteiger partial charge is 0.0831 e. The lowest BCUT2D eigenvalue weighted by atomic mass is 10.2. The van der Waals surface area contributed by atoms with E-state index in [0.29, 0.717) is 6.04 Å². The van der Waals surface area contributed by atoms with Gasteiger partial charge in [0.2, 0.25) is 0 Å². The lowest BCUT2D eigenvalue weighted by molar-refractivity contribution is 0.0985. The molecule has 0 radical (unpaired) electrons. The molecule has 0 amide bonds. The summed E-state index contributed by atoms with van der Waals surface area (Å²) in [6.07, 6.45) is 2.49. The molecule has 0 unspecified atom stereocenters. The van der Waals surface area contributed by atoms with Crippen molar-refractivity contribution < 1.29 is 5.11 Å². The monoisotopic (exact) mass is 156 g/mol. The highest BCUT2D eigenvalue weighted by Crippen LogP contribution is 2.16. The van der Waals surface area contributed by atoms with Gasteiger partial charge >= 0.3 is 0 Å². The van der Waals surface area contributed by atoms with Crippen molar-refractivity contribution in [1.82, 2.24) is 10.2 Å². The molecule has 0 saturated carbocycles. The summed E-state index contributed by atoms with van der Waals surface area (Å²) in [6, 6.07) is 0.400. The number of hydrogen-bond acceptors (Lipinski definition) is 3. The number of aliphatic hydroxyl groups excluding tert-OH is 1. The van der Waals surface area contributed by atoms with E-state index in [1.165, 1.54) is 25.9 Å². The fourth-order valence-corrected chi connectivity index (χ4v) is 2.10. The van der Waals surface area contributed by atoms with Crippen LogP contribution in [0.25, 0.3) is 0 Å². The van der Waals surface area contributed by atoms with Gasteiger partial charge in [0.15, 0.2) is 0 Å². The van der Waals surface area contributed by atoms with Crippen LogP contribution in [0.4, 0.5) is 0 Å². The average Bonchev–Trinajstić information content (AvgIpc) is 2.55. The molecule has 2 heterocycles. The maximum atomic E-state index is 9.55. The zero-order valence-electron chi connectivity index (χ0n) is 6.79. The van der Waals surface area contributed by atoms with Gasteiger partial charge in [-0.1, -0.05) is 0 Å². The first-order chi connectivity index (χ1) is 5.38. The molecule has 2 aliphatic rings. The van der Waals surface area contributed by atoms with Gasteiger partial charge in [-0.05, 0) is 25.9 Å². The van der Waals surface area contributed by atoms with Crippen LogP contribution in [0.2, 0.25) is 0 Å². The SMILES string of the molecule is O[C@@H]1CNC[C@@H]1N1CCCC1. The number of nitrogens with zero attached hydrogens (tertiary/aromatic N) is 1. The molecule has 2 rings (SSSR count). The zero-order chi connectivity index (χ0) is 7.68. The van der Waals surface area contributed by atoms with E-state index in [0.717, 1.165) is 13.1 Å². The summed E-state index contributed by atoms with van der Waals surface area (Å²) in [5.41, 5.74) is 0. The Kier molecular flexibility index (Phi) is 2.11. The van der Waals surface area contributed by atoms with Crippen LogP contribution in [0, 0.1) is 0 Å². The highest BCUT2D eigenvalue weighted by atomic mass is 16.3. The number of nitrogens with one attached hydrogen (secondary N) is 1. The second-order valence-electron chi connectivity index (χ2n) is 3.54. The van der Waals surface area contributed by atoms with Gasteiger partial charge < -0.3 is 10.4 Å². The quantitative estimate of drug-likeness (QED) is 0.533. The number of β-amino-alcohol motifs (C(OH)–C–C–N with tert-alkyl or cyclic N) is 1. The van der Waals surface area contributed by atoms with Gasteiger partial charge in [-0.25, -0.2) is 0 Å². The summed E-state index contributed by atoms with van der Waals surface area (Å²) in [5.74, 6) is 0. The fraction of sp³-hybridized carbons (Fsp3) is 1.00. The Morgan fingerprint density at radius 2 is 1.91 bits per heavy atom. The first-order valence-corrected chi connectivity index (χ1v) is 4.51. The second-order valence-corrected chi connectivity index (χ2v) is 3.54. The third-order valence-corrected chi connectivity index (χ3v) is 2.76. The Balaban J connectivity index is 1.92. The van der Waals surface area contributed by atoms with Gasteiger partial charge in [-0.2, -0.15) is 0 Å². The molecule has 0 aromatic carbocycles. The van der Waals surface area contributed by atoms with Crippen LogP contribution in [-0.2, 0) is 0 Å². The minimum absolute atomic E-state index is 0.131. The summed E-state index contributed by atoms with van der Waals surface area (Å²) in [7, 11) is 0. The molecule has 2 N–H and O–H groups in total. The molecule has 0 aliphatic carbocycles. The third-order valence-electron chi connectivity index (χ3n) is 2.76. The molecular weight excluding hydrogens is 140 g/mol. The summed E-state index contributed by atoms with van der Waals surface area (Å²) in [4.78, 5) is 2.41. The second kappa shape index (κ2) is 3.09. The van der Waals surface area contributed by atoms with Crippen molar-refractivity contribution in [3.05, 3.63) is 0 Å². The van der Waals surface area contributed by atoms with Gasteiger partial charge in [0.25, 0.3) is 0 Å². The van der Waals surface area contributed by atoms with Crippen LogP contribution >= 0.6 is 0 Å². The highest BCUT2D eigenvalue weighted by Gasteiger charge is 2.31. The lowest BCUT2D eigenvalue weighted by Crippen LogP contribution is -2.41. The van der Waals surface area contributed by atoms with E-state index in [1.54, 1.807) is 0 Å². The average molecular weight is 156 g/mol. The third kappa shape index (κ3) is 1.41. The van der Waals surface area contributed by atoms with Crippen molar-refractivity contribution in [3.8, 4) is 0 Å². The van der Waals surface area contributed by atoms with Gasteiger partial charge in [0, 0.05) is 19.1 Å². The highest BCUT2D eigenvalue weighted by molar-refractivity contribution is 4.89. The van der Waals surface area contributed by atoms with Crippen LogP contribution in [-0.4, -0.2) is 48.3 Å². The standard InChI is InChI=1S/C8H16N2O/c11-8-6-9-5-7(8)10-3-1-2-4-10/h7-9,11H,1-6H2/t7-,8+/m0/s1. The van der Waals surface area contributed by atoms with E-state index < -0.39 is 0 Å². The van der Waals surface area contributed by atoms with Gasteiger partial charge in [-0.15, -0.1) is 0 Å². The van der Waals surface area contributed by atoms with Crippen molar-refractivity contribution >= 4 is 0 Å². The first-order valence-electron chi connectivity index (χ1n) is 4.51. The van der Waals surface area contributed by atoms with Crippen molar-refractivity contribution in [2.75, 3.05) is 26.2 Å². The van der Waals surface area contributed by atoms with Gasteiger partial charge in [0.1, 0.15) is 0 Å². The number of hydrogen-bond donors (Lipinski definition) is 2. The molecule has 2 atom stereocenters. The van der Waals surface area contributed by atoms with E-state index in [4.69, 9.17) is 0 Å². The molecule has 0 aromatic heterocycles. The van der Waals surface area contributed by atoms with Gasteiger partial charge in [-0.3, -0.25) is 4.90 Å². The Bertz CT molecular complexity index is 134. The van der Waals surface area contributed by atoms with Crippen LogP contribution in [0.3, 0.4) is 0 Å². The lowest BCUT2D eigenvalue weighted by Gasteiger charge is -2.24. The minimum Gasteiger partial charge on any atom is -0.390 e. The molecule has 2 saturated heterocycles. The molecule has 2 fully saturated rings. The Hall–Kier alpha value is -0.120. The maximum Gasteiger partial charge on any atom is 0.0831 e. The van der Waals surface area contributed by atoms with Crippen LogP contribution < -0.4 is 5.32 Å². The summed E-state index contributed by atoms with van der Waals surface area (Å²) >= 11 is 0. The molecule has 0 spiro atoms. The first kappa shape index (κ1) is 7.53. The molecule has 3 nitrogen and oxygen atoms in total. The molecule has 3 heteroatoms. The van der Waals surface area contributed by atoms with Crippen LogP contribution in [0.15, 0.2) is 0 Å². The number of aliphatic hydroxyl groups is 1.